The summed E-state index contributed by atoms with van der Waals surface area (Å²) in [5.74, 6) is -0.389. The van der Waals surface area contributed by atoms with Gasteiger partial charge in [-0.25, -0.2) is 16.8 Å². The van der Waals surface area contributed by atoms with Crippen LogP contribution in [-0.4, -0.2) is 47.3 Å². The van der Waals surface area contributed by atoms with Crippen molar-refractivity contribution in [3.63, 3.8) is 0 Å². The SMILES string of the molecule is CC[C@H](O[Si](C)(C)C(C)(C)C)[C@H]1NC(=O)CCC1(S(=O)(=O)c1ccccc1)S(=O)(=O)c1ccccc1. The van der Waals surface area contributed by atoms with Crippen LogP contribution in [0.15, 0.2) is 70.5 Å². The van der Waals surface area contributed by atoms with Crippen LogP contribution in [0.4, 0.5) is 0 Å². The molecule has 1 aliphatic heterocycles. The van der Waals surface area contributed by atoms with Gasteiger partial charge >= 0.3 is 0 Å². The number of amides is 1. The molecule has 1 amide bonds. The second-order valence-corrected chi connectivity index (χ2v) is 20.2. The Kier molecular flexibility index (Phi) is 7.96. The van der Waals surface area contributed by atoms with E-state index in [9.17, 15) is 21.6 Å². The maximum Gasteiger partial charge on any atom is 0.220 e. The monoisotopic (exact) mass is 551 g/mol. The van der Waals surface area contributed by atoms with Gasteiger partial charge in [0.2, 0.25) is 29.7 Å². The maximum atomic E-state index is 14.5. The molecule has 7 nitrogen and oxygen atoms in total. The first-order chi connectivity index (χ1) is 16.6. The number of carbonyl (C=O) groups is 1. The molecule has 10 heteroatoms. The van der Waals surface area contributed by atoms with Crippen LogP contribution in [0.25, 0.3) is 0 Å². The Hall–Kier alpha value is -2.01. The van der Waals surface area contributed by atoms with Crippen LogP contribution in [0.2, 0.25) is 18.1 Å². The van der Waals surface area contributed by atoms with Crippen molar-refractivity contribution in [2.45, 2.75) is 91.1 Å². The molecule has 1 heterocycles. The van der Waals surface area contributed by atoms with E-state index in [1.807, 2.05) is 20.0 Å². The number of rotatable bonds is 8. The number of sulfone groups is 2. The van der Waals surface area contributed by atoms with E-state index < -0.39 is 44.2 Å². The fourth-order valence-corrected chi connectivity index (χ4v) is 11.3. The fraction of sp³-hybridized carbons (Fsp3) is 0.500. The van der Waals surface area contributed by atoms with Gasteiger partial charge in [-0.15, -0.1) is 0 Å². The summed E-state index contributed by atoms with van der Waals surface area (Å²) in [4.78, 5) is 12.5. The van der Waals surface area contributed by atoms with E-state index in [-0.39, 0.29) is 33.6 Å². The molecule has 0 aromatic heterocycles. The lowest BCUT2D eigenvalue weighted by molar-refractivity contribution is -0.124. The molecule has 198 valence electrons. The van der Waals surface area contributed by atoms with Gasteiger partial charge in [0.05, 0.1) is 21.9 Å². The Labute approximate surface area is 216 Å². The molecule has 0 unspecified atom stereocenters. The molecule has 0 bridgehead atoms. The minimum atomic E-state index is -4.52. The number of carbonyl (C=O) groups excluding carboxylic acids is 1. The smallest absolute Gasteiger partial charge is 0.220 e. The zero-order valence-corrected chi connectivity index (χ0v) is 24.4. The minimum Gasteiger partial charge on any atom is -0.412 e. The van der Waals surface area contributed by atoms with Crippen molar-refractivity contribution >= 4 is 33.9 Å². The summed E-state index contributed by atoms with van der Waals surface area (Å²) < 4.78 is 62.1. The van der Waals surface area contributed by atoms with Crippen LogP contribution in [0, 0.1) is 0 Å². The minimum absolute atomic E-state index is 0.104. The maximum absolute atomic E-state index is 14.5. The second-order valence-electron chi connectivity index (χ2n) is 10.8. The van der Waals surface area contributed by atoms with Crippen LogP contribution in [0.3, 0.4) is 0 Å². The third-order valence-corrected chi connectivity index (χ3v) is 17.9. The molecule has 0 radical (unpaired) electrons. The molecular formula is C26H37NO6S2Si. The van der Waals surface area contributed by atoms with Crippen LogP contribution in [-0.2, 0) is 28.9 Å². The molecular weight excluding hydrogens is 515 g/mol. The number of hydrogen-bond acceptors (Lipinski definition) is 6. The standard InChI is InChI=1S/C26H37NO6S2Si/c1-7-22(33-36(5,6)25(2,3)4)24-26(19-18-23(28)27-24,34(29,30)20-14-10-8-11-15-20)35(31,32)21-16-12-9-13-17-21/h8-17,22,24H,7,18-19H2,1-6H3,(H,27,28)/t22-,24+/m0/s1. The van der Waals surface area contributed by atoms with E-state index in [1.165, 1.54) is 24.3 Å². The highest BCUT2D eigenvalue weighted by molar-refractivity contribution is 8.10. The topological polar surface area (TPSA) is 107 Å². The summed E-state index contributed by atoms with van der Waals surface area (Å²) in [5.41, 5.74) is 0. The molecule has 36 heavy (non-hydrogen) atoms. The van der Waals surface area contributed by atoms with Crippen molar-refractivity contribution in [1.82, 2.24) is 5.32 Å². The average molecular weight is 552 g/mol. The van der Waals surface area contributed by atoms with Gasteiger partial charge in [-0.3, -0.25) is 4.79 Å². The van der Waals surface area contributed by atoms with E-state index in [4.69, 9.17) is 4.43 Å². The summed E-state index contributed by atoms with van der Waals surface area (Å²) >= 11 is 0. The zero-order valence-electron chi connectivity index (χ0n) is 21.8. The summed E-state index contributed by atoms with van der Waals surface area (Å²) in [6.45, 7) is 12.0. The molecule has 2 aromatic rings. The first-order valence-corrected chi connectivity index (χ1v) is 18.1. The van der Waals surface area contributed by atoms with Crippen molar-refractivity contribution < 1.29 is 26.1 Å². The van der Waals surface area contributed by atoms with Gasteiger partial charge in [0.25, 0.3) is 0 Å². The van der Waals surface area contributed by atoms with Crippen molar-refractivity contribution in [2.75, 3.05) is 0 Å². The van der Waals surface area contributed by atoms with Crippen molar-refractivity contribution in [2.24, 2.45) is 0 Å². The molecule has 2 aromatic carbocycles. The van der Waals surface area contributed by atoms with Gasteiger partial charge in [-0.2, -0.15) is 0 Å². The zero-order chi connectivity index (χ0) is 27.0. The van der Waals surface area contributed by atoms with E-state index in [0.29, 0.717) is 6.42 Å². The Balaban J connectivity index is 2.35. The molecule has 1 fully saturated rings. The molecule has 1 N–H and O–H groups in total. The average Bonchev–Trinajstić information content (AvgIpc) is 2.82. The first-order valence-electron chi connectivity index (χ1n) is 12.2. The van der Waals surface area contributed by atoms with Gasteiger partial charge < -0.3 is 9.74 Å². The summed E-state index contributed by atoms with van der Waals surface area (Å²) in [6.07, 6.45) is -1.10. The summed E-state index contributed by atoms with van der Waals surface area (Å²) in [7, 11) is -11.5. The van der Waals surface area contributed by atoms with E-state index in [2.05, 4.69) is 26.1 Å². The van der Waals surface area contributed by atoms with Crippen molar-refractivity contribution in [1.29, 1.82) is 0 Å². The molecule has 1 saturated heterocycles. The highest BCUT2D eigenvalue weighted by Gasteiger charge is 2.65. The normalized spacial score (nSPS) is 19.9. The third kappa shape index (κ3) is 4.80. The van der Waals surface area contributed by atoms with Gasteiger partial charge in [-0.05, 0) is 55.2 Å². The van der Waals surface area contributed by atoms with E-state index >= 15 is 0 Å². The Morgan fingerprint density at radius 3 is 1.78 bits per heavy atom. The molecule has 3 rings (SSSR count). The van der Waals surface area contributed by atoms with Gasteiger partial charge in [-0.1, -0.05) is 64.1 Å². The van der Waals surface area contributed by atoms with Crippen molar-refractivity contribution in [3.8, 4) is 0 Å². The van der Waals surface area contributed by atoms with Crippen LogP contribution in [0.1, 0.15) is 47.0 Å². The predicted molar refractivity (Wildman–Crippen MR) is 144 cm³/mol. The van der Waals surface area contributed by atoms with Gasteiger partial charge in [0.1, 0.15) is 0 Å². The number of piperidine rings is 1. The van der Waals surface area contributed by atoms with Gasteiger partial charge in [0.15, 0.2) is 8.32 Å². The van der Waals surface area contributed by atoms with E-state index in [1.54, 1.807) is 36.4 Å². The summed E-state index contributed by atoms with van der Waals surface area (Å²) in [5, 5.41) is 2.57. The lowest BCUT2D eigenvalue weighted by atomic mass is 9.96. The number of benzene rings is 2. The van der Waals surface area contributed by atoms with Crippen LogP contribution in [0.5, 0.6) is 0 Å². The second kappa shape index (κ2) is 10.0. The predicted octanol–water partition coefficient (Wildman–Crippen LogP) is 4.71. The van der Waals surface area contributed by atoms with Crippen LogP contribution < -0.4 is 5.32 Å². The first kappa shape index (κ1) is 28.6. The number of hydrogen-bond donors (Lipinski definition) is 1. The largest absolute Gasteiger partial charge is 0.412 e. The molecule has 0 aliphatic carbocycles. The van der Waals surface area contributed by atoms with Gasteiger partial charge in [0, 0.05) is 6.42 Å². The fourth-order valence-electron chi connectivity index (χ4n) is 4.46. The van der Waals surface area contributed by atoms with Crippen LogP contribution >= 0.6 is 0 Å². The lowest BCUT2D eigenvalue weighted by Gasteiger charge is -2.48. The quantitative estimate of drug-likeness (QED) is 0.476. The number of nitrogens with one attached hydrogen (secondary N) is 1. The highest BCUT2D eigenvalue weighted by atomic mass is 32.3. The third-order valence-electron chi connectivity index (χ3n) is 7.53. The van der Waals surface area contributed by atoms with Crippen molar-refractivity contribution in [3.05, 3.63) is 60.7 Å². The van der Waals surface area contributed by atoms with E-state index in [0.717, 1.165) is 0 Å². The Morgan fingerprint density at radius 2 is 1.39 bits per heavy atom. The molecule has 0 saturated carbocycles. The highest BCUT2D eigenvalue weighted by Crippen LogP contribution is 2.47. The molecule has 0 spiro atoms. The Bertz CT molecular complexity index is 1220. The molecule has 1 aliphatic rings. The lowest BCUT2D eigenvalue weighted by Crippen LogP contribution is -2.69. The summed E-state index contributed by atoms with van der Waals surface area (Å²) in [6, 6.07) is 13.9. The molecule has 2 atom stereocenters. The Morgan fingerprint density at radius 1 is 0.944 bits per heavy atom.